The fourth-order valence-electron chi connectivity index (χ4n) is 2.37. The number of halogens is 3. The van der Waals surface area contributed by atoms with Crippen molar-refractivity contribution in [3.63, 3.8) is 0 Å². The second kappa shape index (κ2) is 5.87. The van der Waals surface area contributed by atoms with E-state index in [0.29, 0.717) is 19.5 Å². The van der Waals surface area contributed by atoms with Crippen molar-refractivity contribution in [1.29, 1.82) is 0 Å². The highest BCUT2D eigenvalue weighted by Gasteiger charge is 2.33. The van der Waals surface area contributed by atoms with E-state index in [1.54, 1.807) is 0 Å². The average molecular weight is 239 g/mol. The number of rotatable bonds is 5. The number of nitrogens with zero attached hydrogens (tertiary/aromatic N) is 1. The van der Waals surface area contributed by atoms with Crippen molar-refractivity contribution in [2.75, 3.05) is 19.6 Å². The monoisotopic (exact) mass is 239 g/mol. The normalized spacial score (nSPS) is 26.6. The quantitative estimate of drug-likeness (QED) is 0.796. The molecule has 0 aromatic heterocycles. The molecule has 2 nitrogen and oxygen atoms in total. The SMILES string of the molecule is CCCN(CC1CCCC1O)CC(F)(F)F. The van der Waals surface area contributed by atoms with Crippen LogP contribution in [0.25, 0.3) is 0 Å². The Balaban J connectivity index is 2.43. The van der Waals surface area contributed by atoms with Crippen LogP contribution < -0.4 is 0 Å². The second-order valence-electron chi connectivity index (χ2n) is 4.61. The Bertz CT molecular complexity index is 208. The third-order valence-electron chi connectivity index (χ3n) is 3.05. The number of alkyl halides is 3. The van der Waals surface area contributed by atoms with Crippen LogP contribution in [0.3, 0.4) is 0 Å². The summed E-state index contributed by atoms with van der Waals surface area (Å²) in [6.07, 6.45) is -1.33. The molecule has 0 heterocycles. The third kappa shape index (κ3) is 4.70. The van der Waals surface area contributed by atoms with Crippen LogP contribution in [-0.4, -0.2) is 41.9 Å². The smallest absolute Gasteiger partial charge is 0.393 e. The highest BCUT2D eigenvalue weighted by atomic mass is 19.4. The molecule has 2 unspecified atom stereocenters. The van der Waals surface area contributed by atoms with Crippen molar-refractivity contribution >= 4 is 0 Å². The molecule has 0 amide bonds. The maximum atomic E-state index is 12.3. The first-order chi connectivity index (χ1) is 7.42. The van der Waals surface area contributed by atoms with Gasteiger partial charge in [-0.1, -0.05) is 13.3 Å². The third-order valence-corrected chi connectivity index (χ3v) is 3.05. The molecule has 1 fully saturated rings. The molecular formula is C11H20F3NO. The predicted octanol–water partition coefficient (Wildman–Crippen LogP) is 2.42. The largest absolute Gasteiger partial charge is 0.401 e. The van der Waals surface area contributed by atoms with E-state index >= 15 is 0 Å². The predicted molar refractivity (Wildman–Crippen MR) is 56.1 cm³/mol. The summed E-state index contributed by atoms with van der Waals surface area (Å²) in [6.45, 7) is 1.83. The van der Waals surface area contributed by atoms with Crippen LogP contribution in [0.2, 0.25) is 0 Å². The summed E-state index contributed by atoms with van der Waals surface area (Å²) < 4.78 is 36.9. The minimum Gasteiger partial charge on any atom is -0.393 e. The lowest BCUT2D eigenvalue weighted by Gasteiger charge is -2.27. The van der Waals surface area contributed by atoms with Crippen molar-refractivity contribution in [3.05, 3.63) is 0 Å². The van der Waals surface area contributed by atoms with E-state index < -0.39 is 18.8 Å². The molecule has 96 valence electrons. The molecule has 16 heavy (non-hydrogen) atoms. The zero-order valence-electron chi connectivity index (χ0n) is 9.63. The van der Waals surface area contributed by atoms with E-state index in [0.717, 1.165) is 19.3 Å². The maximum absolute atomic E-state index is 12.3. The molecule has 0 bridgehead atoms. The Kier molecular flexibility index (Phi) is 5.05. The molecule has 0 radical (unpaired) electrons. The molecule has 2 atom stereocenters. The summed E-state index contributed by atoms with van der Waals surface area (Å²) in [5.74, 6) is 0.0221. The van der Waals surface area contributed by atoms with Gasteiger partial charge in [-0.25, -0.2) is 0 Å². The minimum atomic E-state index is -4.14. The van der Waals surface area contributed by atoms with Crippen LogP contribution in [0.5, 0.6) is 0 Å². The molecule has 1 aliphatic rings. The molecule has 1 N–H and O–H groups in total. The first-order valence-corrected chi connectivity index (χ1v) is 5.89. The summed E-state index contributed by atoms with van der Waals surface area (Å²) in [5, 5.41) is 9.60. The Morgan fingerprint density at radius 3 is 2.44 bits per heavy atom. The molecule has 1 aliphatic carbocycles. The molecule has 0 aromatic carbocycles. The lowest BCUT2D eigenvalue weighted by molar-refractivity contribution is -0.148. The van der Waals surface area contributed by atoms with Crippen LogP contribution >= 0.6 is 0 Å². The van der Waals surface area contributed by atoms with Crippen molar-refractivity contribution in [3.8, 4) is 0 Å². The summed E-state index contributed by atoms with van der Waals surface area (Å²) >= 11 is 0. The number of aliphatic hydroxyl groups excluding tert-OH is 1. The zero-order chi connectivity index (χ0) is 12.2. The Morgan fingerprint density at radius 2 is 2.00 bits per heavy atom. The summed E-state index contributed by atoms with van der Waals surface area (Å²) in [6, 6.07) is 0. The van der Waals surface area contributed by atoms with E-state index in [1.807, 2.05) is 6.92 Å². The van der Waals surface area contributed by atoms with Crippen LogP contribution in [0.1, 0.15) is 32.6 Å². The second-order valence-corrected chi connectivity index (χ2v) is 4.61. The molecule has 0 aromatic rings. The summed E-state index contributed by atoms with van der Waals surface area (Å²) in [5.41, 5.74) is 0. The van der Waals surface area contributed by atoms with E-state index in [4.69, 9.17) is 0 Å². The fraction of sp³-hybridized carbons (Fsp3) is 1.00. The Hall–Kier alpha value is -0.290. The fourth-order valence-corrected chi connectivity index (χ4v) is 2.37. The average Bonchev–Trinajstić information content (AvgIpc) is 2.49. The van der Waals surface area contributed by atoms with Gasteiger partial charge in [0.1, 0.15) is 0 Å². The molecule has 0 spiro atoms. The lowest BCUT2D eigenvalue weighted by Crippen LogP contribution is -2.39. The van der Waals surface area contributed by atoms with Gasteiger partial charge in [-0.15, -0.1) is 0 Å². The van der Waals surface area contributed by atoms with E-state index in [9.17, 15) is 18.3 Å². The van der Waals surface area contributed by atoms with Crippen molar-refractivity contribution in [2.45, 2.75) is 44.9 Å². The van der Waals surface area contributed by atoms with Crippen LogP contribution in [0.15, 0.2) is 0 Å². The van der Waals surface area contributed by atoms with Crippen molar-refractivity contribution < 1.29 is 18.3 Å². The number of aliphatic hydroxyl groups is 1. The summed E-state index contributed by atoms with van der Waals surface area (Å²) in [7, 11) is 0. The van der Waals surface area contributed by atoms with Gasteiger partial charge in [0.2, 0.25) is 0 Å². The minimum absolute atomic E-state index is 0.0221. The number of hydrogen-bond acceptors (Lipinski definition) is 2. The van der Waals surface area contributed by atoms with E-state index in [-0.39, 0.29) is 5.92 Å². The van der Waals surface area contributed by atoms with Gasteiger partial charge in [-0.05, 0) is 31.7 Å². The molecular weight excluding hydrogens is 219 g/mol. The highest BCUT2D eigenvalue weighted by molar-refractivity contribution is 4.80. The van der Waals surface area contributed by atoms with Gasteiger partial charge in [0.15, 0.2) is 0 Å². The molecule has 0 saturated heterocycles. The van der Waals surface area contributed by atoms with E-state index in [2.05, 4.69) is 0 Å². The van der Waals surface area contributed by atoms with Crippen LogP contribution in [0.4, 0.5) is 13.2 Å². The van der Waals surface area contributed by atoms with Crippen molar-refractivity contribution in [1.82, 2.24) is 4.90 Å². The molecule has 1 rings (SSSR count). The highest BCUT2D eigenvalue weighted by Crippen LogP contribution is 2.27. The zero-order valence-corrected chi connectivity index (χ0v) is 9.63. The van der Waals surface area contributed by atoms with Gasteiger partial charge in [-0.2, -0.15) is 13.2 Å². The summed E-state index contributed by atoms with van der Waals surface area (Å²) in [4.78, 5) is 1.42. The Morgan fingerprint density at radius 1 is 1.31 bits per heavy atom. The number of hydrogen-bond donors (Lipinski definition) is 1. The van der Waals surface area contributed by atoms with Gasteiger partial charge in [0, 0.05) is 6.54 Å². The lowest BCUT2D eigenvalue weighted by atomic mass is 10.1. The van der Waals surface area contributed by atoms with Crippen molar-refractivity contribution in [2.24, 2.45) is 5.92 Å². The van der Waals surface area contributed by atoms with Gasteiger partial charge in [0.05, 0.1) is 12.6 Å². The maximum Gasteiger partial charge on any atom is 0.401 e. The van der Waals surface area contributed by atoms with Gasteiger partial charge < -0.3 is 5.11 Å². The Labute approximate surface area is 94.4 Å². The van der Waals surface area contributed by atoms with E-state index in [1.165, 1.54) is 4.90 Å². The molecule has 5 heteroatoms. The molecule has 0 aliphatic heterocycles. The standard InChI is InChI=1S/C11H20F3NO/c1-2-6-15(8-11(12,13)14)7-9-4-3-5-10(9)16/h9-10,16H,2-8H2,1H3. The van der Waals surface area contributed by atoms with Gasteiger partial charge >= 0.3 is 6.18 Å². The first kappa shape index (κ1) is 13.8. The van der Waals surface area contributed by atoms with Crippen LogP contribution in [0, 0.1) is 5.92 Å². The van der Waals surface area contributed by atoms with Gasteiger partial charge in [0.25, 0.3) is 0 Å². The topological polar surface area (TPSA) is 23.5 Å². The van der Waals surface area contributed by atoms with Gasteiger partial charge in [-0.3, -0.25) is 4.90 Å². The first-order valence-electron chi connectivity index (χ1n) is 5.89. The molecule has 1 saturated carbocycles. The van der Waals surface area contributed by atoms with Crippen LogP contribution in [-0.2, 0) is 0 Å².